The van der Waals surface area contributed by atoms with Gasteiger partial charge in [0.2, 0.25) is 0 Å². The van der Waals surface area contributed by atoms with Crippen LogP contribution in [0, 0.1) is 0 Å². The molecule has 1 aromatic carbocycles. The molecule has 0 saturated heterocycles. The summed E-state index contributed by atoms with van der Waals surface area (Å²) in [7, 11) is 0. The van der Waals surface area contributed by atoms with Crippen molar-refractivity contribution in [3.8, 4) is 0 Å². The lowest BCUT2D eigenvalue weighted by Crippen LogP contribution is -2.30. The van der Waals surface area contributed by atoms with Crippen LogP contribution in [0.25, 0.3) is 0 Å². The maximum atomic E-state index is 11.5. The minimum Gasteiger partial charge on any atom is -0.466 e. The lowest BCUT2D eigenvalue weighted by molar-refractivity contribution is -0.142. The van der Waals surface area contributed by atoms with Crippen molar-refractivity contribution in [3.63, 3.8) is 0 Å². The van der Waals surface area contributed by atoms with Gasteiger partial charge in [0.15, 0.2) is 0 Å². The molecule has 1 aromatic rings. The summed E-state index contributed by atoms with van der Waals surface area (Å²) in [5.41, 5.74) is 1.39. The van der Waals surface area contributed by atoms with Gasteiger partial charge in [-0.15, -0.1) is 0 Å². The van der Waals surface area contributed by atoms with E-state index in [0.29, 0.717) is 12.3 Å². The maximum absolute atomic E-state index is 11.5. The van der Waals surface area contributed by atoms with Gasteiger partial charge in [-0.3, -0.25) is 4.79 Å². The highest BCUT2D eigenvalue weighted by Crippen LogP contribution is 2.15. The van der Waals surface area contributed by atoms with Crippen molar-refractivity contribution in [1.29, 1.82) is 0 Å². The number of urea groups is 1. The molecule has 0 heterocycles. The molecule has 0 aliphatic heterocycles. The van der Waals surface area contributed by atoms with E-state index in [1.807, 2.05) is 0 Å². The summed E-state index contributed by atoms with van der Waals surface area (Å²) < 4.78 is 4.74. The summed E-state index contributed by atoms with van der Waals surface area (Å²) in [6.07, 6.45) is -0.398. The first-order valence-electron chi connectivity index (χ1n) is 6.51. The highest BCUT2D eigenvalue weighted by atomic mass is 16.5. The van der Waals surface area contributed by atoms with Crippen molar-refractivity contribution < 1.29 is 19.4 Å². The minimum absolute atomic E-state index is 0.141. The van der Waals surface area contributed by atoms with Gasteiger partial charge >= 0.3 is 12.0 Å². The SMILES string of the molecule is CCOC(=O)CCNC(=O)Nc1ccc(C(C)O)cc1. The predicted molar refractivity (Wildman–Crippen MR) is 75.3 cm³/mol. The third-order valence-corrected chi connectivity index (χ3v) is 2.57. The first-order chi connectivity index (χ1) is 9.52. The van der Waals surface area contributed by atoms with Crippen LogP contribution in [0.3, 0.4) is 0 Å². The lowest BCUT2D eigenvalue weighted by atomic mass is 10.1. The number of carbonyl (C=O) groups excluding carboxylic acids is 2. The van der Waals surface area contributed by atoms with Gasteiger partial charge in [0.25, 0.3) is 0 Å². The molecular formula is C14H20N2O4. The number of carbonyl (C=O) groups is 2. The summed E-state index contributed by atoms with van der Waals surface area (Å²) in [6.45, 7) is 3.95. The second-order valence-electron chi connectivity index (χ2n) is 4.23. The molecule has 0 fully saturated rings. The van der Waals surface area contributed by atoms with E-state index in [1.54, 1.807) is 38.1 Å². The van der Waals surface area contributed by atoms with Gasteiger partial charge in [-0.05, 0) is 31.5 Å². The highest BCUT2D eigenvalue weighted by Gasteiger charge is 2.05. The van der Waals surface area contributed by atoms with E-state index >= 15 is 0 Å². The number of hydrogen-bond donors (Lipinski definition) is 3. The van der Waals surface area contributed by atoms with E-state index in [4.69, 9.17) is 4.74 Å². The van der Waals surface area contributed by atoms with Crippen molar-refractivity contribution in [2.75, 3.05) is 18.5 Å². The van der Waals surface area contributed by atoms with Gasteiger partial charge in [0.1, 0.15) is 0 Å². The number of amides is 2. The molecule has 0 aliphatic carbocycles. The van der Waals surface area contributed by atoms with Crippen LogP contribution in [0.4, 0.5) is 10.5 Å². The highest BCUT2D eigenvalue weighted by molar-refractivity contribution is 5.89. The first kappa shape index (κ1) is 16.0. The van der Waals surface area contributed by atoms with E-state index in [2.05, 4.69) is 10.6 Å². The molecule has 1 unspecified atom stereocenters. The van der Waals surface area contributed by atoms with Crippen LogP contribution in [-0.4, -0.2) is 30.3 Å². The molecule has 3 N–H and O–H groups in total. The molecule has 0 aliphatic rings. The summed E-state index contributed by atoms with van der Waals surface area (Å²) >= 11 is 0. The second kappa shape index (κ2) is 8.16. The molecule has 0 spiro atoms. The van der Waals surface area contributed by atoms with Gasteiger partial charge < -0.3 is 20.5 Å². The molecule has 2 amide bonds. The summed E-state index contributed by atoms with van der Waals surface area (Å²) in [6, 6.07) is 6.48. The third-order valence-electron chi connectivity index (χ3n) is 2.57. The first-order valence-corrected chi connectivity index (χ1v) is 6.51. The fraction of sp³-hybridized carbons (Fsp3) is 0.429. The monoisotopic (exact) mass is 280 g/mol. The summed E-state index contributed by atoms with van der Waals surface area (Å²) in [5.74, 6) is -0.339. The van der Waals surface area contributed by atoms with E-state index in [1.165, 1.54) is 0 Å². The van der Waals surface area contributed by atoms with E-state index in [-0.39, 0.29) is 25.0 Å². The zero-order valence-electron chi connectivity index (χ0n) is 11.7. The van der Waals surface area contributed by atoms with Crippen LogP contribution in [0.5, 0.6) is 0 Å². The van der Waals surface area contributed by atoms with E-state index in [9.17, 15) is 14.7 Å². The van der Waals surface area contributed by atoms with Crippen molar-refractivity contribution in [2.45, 2.75) is 26.4 Å². The lowest BCUT2D eigenvalue weighted by Gasteiger charge is -2.09. The molecule has 1 atom stereocenters. The van der Waals surface area contributed by atoms with Crippen LogP contribution in [-0.2, 0) is 9.53 Å². The standard InChI is InChI=1S/C14H20N2O4/c1-3-20-13(18)8-9-15-14(19)16-12-6-4-11(5-7-12)10(2)17/h4-7,10,17H,3,8-9H2,1-2H3,(H2,15,16,19). The number of ether oxygens (including phenoxy) is 1. The minimum atomic E-state index is -0.539. The number of nitrogens with one attached hydrogen (secondary N) is 2. The number of anilines is 1. The quantitative estimate of drug-likeness (QED) is 0.693. The van der Waals surface area contributed by atoms with Gasteiger partial charge in [-0.1, -0.05) is 12.1 Å². The molecule has 6 heteroatoms. The molecule has 110 valence electrons. The maximum Gasteiger partial charge on any atom is 0.319 e. The Kier molecular flexibility index (Phi) is 6.52. The zero-order chi connectivity index (χ0) is 15.0. The Balaban J connectivity index is 2.33. The molecule has 1 rings (SSSR count). The number of aliphatic hydroxyl groups excluding tert-OH is 1. The van der Waals surface area contributed by atoms with Gasteiger partial charge in [-0.2, -0.15) is 0 Å². The van der Waals surface area contributed by atoms with Crippen LogP contribution in [0.2, 0.25) is 0 Å². The molecule has 20 heavy (non-hydrogen) atoms. The molecule has 0 radical (unpaired) electrons. The second-order valence-corrected chi connectivity index (χ2v) is 4.23. The molecule has 0 bridgehead atoms. The van der Waals surface area contributed by atoms with E-state index < -0.39 is 6.10 Å². The largest absolute Gasteiger partial charge is 0.466 e. The number of benzene rings is 1. The van der Waals surface area contributed by atoms with Gasteiger partial charge in [-0.25, -0.2) is 4.79 Å². The third kappa shape index (κ3) is 5.71. The average molecular weight is 280 g/mol. The Morgan fingerprint density at radius 3 is 2.50 bits per heavy atom. The van der Waals surface area contributed by atoms with Crippen molar-refractivity contribution in [1.82, 2.24) is 5.32 Å². The van der Waals surface area contributed by atoms with E-state index in [0.717, 1.165) is 5.56 Å². The van der Waals surface area contributed by atoms with Crippen LogP contribution < -0.4 is 10.6 Å². The predicted octanol–water partition coefficient (Wildman–Crippen LogP) is 1.81. The smallest absolute Gasteiger partial charge is 0.319 e. The Labute approximate surface area is 118 Å². The average Bonchev–Trinajstić information content (AvgIpc) is 2.39. The number of esters is 1. The molecule has 0 saturated carbocycles. The topological polar surface area (TPSA) is 87.7 Å². The Bertz CT molecular complexity index is 443. The fourth-order valence-corrected chi connectivity index (χ4v) is 1.53. The molecule has 0 aromatic heterocycles. The normalized spacial score (nSPS) is 11.6. The van der Waals surface area contributed by atoms with Gasteiger partial charge in [0.05, 0.1) is 19.1 Å². The summed E-state index contributed by atoms with van der Waals surface area (Å²) in [4.78, 5) is 22.6. The van der Waals surface area contributed by atoms with Crippen molar-refractivity contribution in [3.05, 3.63) is 29.8 Å². The Morgan fingerprint density at radius 1 is 1.30 bits per heavy atom. The van der Waals surface area contributed by atoms with Gasteiger partial charge in [0, 0.05) is 12.2 Å². The van der Waals surface area contributed by atoms with Crippen molar-refractivity contribution in [2.24, 2.45) is 0 Å². The Hall–Kier alpha value is -2.08. The van der Waals surface area contributed by atoms with Crippen LogP contribution >= 0.6 is 0 Å². The molecular weight excluding hydrogens is 260 g/mol. The number of hydrogen-bond acceptors (Lipinski definition) is 4. The molecule has 6 nitrogen and oxygen atoms in total. The van der Waals surface area contributed by atoms with Crippen LogP contribution in [0.1, 0.15) is 31.9 Å². The zero-order valence-corrected chi connectivity index (χ0v) is 11.7. The fourth-order valence-electron chi connectivity index (χ4n) is 1.53. The van der Waals surface area contributed by atoms with Crippen molar-refractivity contribution >= 4 is 17.7 Å². The summed E-state index contributed by atoms with van der Waals surface area (Å²) in [5, 5.41) is 14.6. The number of aliphatic hydroxyl groups is 1. The van der Waals surface area contributed by atoms with Crippen LogP contribution in [0.15, 0.2) is 24.3 Å². The number of rotatable bonds is 6. The Morgan fingerprint density at radius 2 is 1.95 bits per heavy atom.